The van der Waals surface area contributed by atoms with E-state index in [9.17, 15) is 23.1 Å². The maximum absolute atomic E-state index is 12.0. The summed E-state index contributed by atoms with van der Waals surface area (Å²) in [4.78, 5) is 11.5. The van der Waals surface area contributed by atoms with E-state index in [1.54, 1.807) is 6.92 Å². The van der Waals surface area contributed by atoms with E-state index in [2.05, 4.69) is 0 Å². The van der Waals surface area contributed by atoms with E-state index in [4.69, 9.17) is 0 Å². The monoisotopic (exact) mass is 211 g/mol. The SMILES string of the molecule is CC1CN(C(=O)C(F)(F)F)CCC1O. The number of hydrogen-bond donors (Lipinski definition) is 1. The molecule has 0 bridgehead atoms. The van der Waals surface area contributed by atoms with E-state index < -0.39 is 18.2 Å². The maximum atomic E-state index is 12.0. The van der Waals surface area contributed by atoms with Crippen LogP contribution in [0.5, 0.6) is 0 Å². The second-order valence-electron chi connectivity index (χ2n) is 3.58. The van der Waals surface area contributed by atoms with Crippen molar-refractivity contribution >= 4 is 5.91 Å². The van der Waals surface area contributed by atoms with Gasteiger partial charge in [0, 0.05) is 13.1 Å². The lowest BCUT2D eigenvalue weighted by molar-refractivity contribution is -0.188. The minimum absolute atomic E-state index is 0.0240. The summed E-state index contributed by atoms with van der Waals surface area (Å²) < 4.78 is 36.0. The lowest BCUT2D eigenvalue weighted by Crippen LogP contribution is -2.49. The number of rotatable bonds is 0. The normalized spacial score (nSPS) is 29.1. The molecule has 0 saturated carbocycles. The van der Waals surface area contributed by atoms with Gasteiger partial charge in [-0.3, -0.25) is 4.79 Å². The predicted octanol–water partition coefficient (Wildman–Crippen LogP) is 0.778. The van der Waals surface area contributed by atoms with E-state index in [0.29, 0.717) is 0 Å². The van der Waals surface area contributed by atoms with Crippen LogP contribution in [0.25, 0.3) is 0 Å². The van der Waals surface area contributed by atoms with Crippen LogP contribution in [0.4, 0.5) is 13.2 Å². The molecule has 0 spiro atoms. The summed E-state index contributed by atoms with van der Waals surface area (Å²) in [6.07, 6.45) is -5.20. The molecule has 0 aromatic rings. The van der Waals surface area contributed by atoms with Crippen molar-refractivity contribution in [2.24, 2.45) is 5.92 Å². The molecule has 1 aliphatic rings. The Morgan fingerprint density at radius 3 is 2.50 bits per heavy atom. The zero-order chi connectivity index (χ0) is 10.9. The van der Waals surface area contributed by atoms with Crippen LogP contribution in [-0.2, 0) is 4.79 Å². The molecule has 2 atom stereocenters. The summed E-state index contributed by atoms with van der Waals surface area (Å²) in [5, 5.41) is 9.26. The number of aliphatic hydroxyl groups excluding tert-OH is 1. The van der Waals surface area contributed by atoms with E-state index >= 15 is 0 Å². The van der Waals surface area contributed by atoms with Gasteiger partial charge in [-0.05, 0) is 12.3 Å². The standard InChI is InChI=1S/C8H12F3NO2/c1-5-4-12(3-2-6(5)13)7(14)8(9,10)11/h5-6,13H,2-4H2,1H3. The number of nitrogens with zero attached hydrogens (tertiary/aromatic N) is 1. The number of halogens is 3. The van der Waals surface area contributed by atoms with Crippen molar-refractivity contribution in [3.8, 4) is 0 Å². The average molecular weight is 211 g/mol. The first-order chi connectivity index (χ1) is 6.32. The summed E-state index contributed by atoms with van der Waals surface area (Å²) >= 11 is 0. The van der Waals surface area contributed by atoms with Gasteiger partial charge < -0.3 is 10.0 Å². The highest BCUT2D eigenvalue weighted by Crippen LogP contribution is 2.23. The second-order valence-corrected chi connectivity index (χ2v) is 3.58. The van der Waals surface area contributed by atoms with Gasteiger partial charge in [0.1, 0.15) is 0 Å². The lowest BCUT2D eigenvalue weighted by atomic mass is 9.97. The third-order valence-corrected chi connectivity index (χ3v) is 2.39. The van der Waals surface area contributed by atoms with Crippen LogP contribution in [0.15, 0.2) is 0 Å². The van der Waals surface area contributed by atoms with Gasteiger partial charge in [0.15, 0.2) is 0 Å². The summed E-state index contributed by atoms with van der Waals surface area (Å²) in [7, 11) is 0. The largest absolute Gasteiger partial charge is 0.471 e. The number of hydrogen-bond acceptors (Lipinski definition) is 2. The maximum Gasteiger partial charge on any atom is 0.471 e. The zero-order valence-electron chi connectivity index (χ0n) is 7.71. The Kier molecular flexibility index (Phi) is 3.04. The fourth-order valence-corrected chi connectivity index (χ4v) is 1.50. The number of carbonyl (C=O) groups is 1. The third-order valence-electron chi connectivity index (χ3n) is 2.39. The summed E-state index contributed by atoms with van der Waals surface area (Å²) in [6.45, 7) is 1.57. The molecule has 82 valence electrons. The zero-order valence-corrected chi connectivity index (χ0v) is 7.71. The van der Waals surface area contributed by atoms with Crippen LogP contribution in [0.3, 0.4) is 0 Å². The van der Waals surface area contributed by atoms with Crippen LogP contribution in [0.2, 0.25) is 0 Å². The van der Waals surface area contributed by atoms with Crippen molar-refractivity contribution in [1.29, 1.82) is 0 Å². The van der Waals surface area contributed by atoms with Crippen LogP contribution >= 0.6 is 0 Å². The highest BCUT2D eigenvalue weighted by molar-refractivity contribution is 5.81. The molecule has 3 nitrogen and oxygen atoms in total. The Labute approximate surface area is 79.5 Å². The Morgan fingerprint density at radius 1 is 1.50 bits per heavy atom. The van der Waals surface area contributed by atoms with Crippen LogP contribution < -0.4 is 0 Å². The molecule has 2 unspecified atom stereocenters. The van der Waals surface area contributed by atoms with Crippen molar-refractivity contribution in [2.75, 3.05) is 13.1 Å². The number of likely N-dealkylation sites (tertiary alicyclic amines) is 1. The quantitative estimate of drug-likeness (QED) is 0.643. The Balaban J connectivity index is 2.59. The first-order valence-electron chi connectivity index (χ1n) is 4.36. The van der Waals surface area contributed by atoms with E-state index in [-0.39, 0.29) is 25.4 Å². The highest BCUT2D eigenvalue weighted by Gasteiger charge is 2.44. The molecule has 0 aromatic carbocycles. The minimum atomic E-state index is -4.80. The molecule has 1 saturated heterocycles. The predicted molar refractivity (Wildman–Crippen MR) is 42.4 cm³/mol. The van der Waals surface area contributed by atoms with Gasteiger partial charge in [0.2, 0.25) is 0 Å². The van der Waals surface area contributed by atoms with Gasteiger partial charge >= 0.3 is 12.1 Å². The van der Waals surface area contributed by atoms with Gasteiger partial charge in [0.05, 0.1) is 6.10 Å². The molecule has 1 aliphatic heterocycles. The van der Waals surface area contributed by atoms with Gasteiger partial charge in [-0.25, -0.2) is 0 Å². The minimum Gasteiger partial charge on any atom is -0.393 e. The Hall–Kier alpha value is -0.780. The van der Waals surface area contributed by atoms with E-state index in [1.165, 1.54) is 0 Å². The highest BCUT2D eigenvalue weighted by atomic mass is 19.4. The van der Waals surface area contributed by atoms with E-state index in [1.807, 2.05) is 0 Å². The number of amides is 1. The van der Waals surface area contributed by atoms with Gasteiger partial charge in [-0.15, -0.1) is 0 Å². The first-order valence-corrected chi connectivity index (χ1v) is 4.36. The van der Waals surface area contributed by atoms with Crippen molar-refractivity contribution in [3.63, 3.8) is 0 Å². The van der Waals surface area contributed by atoms with Gasteiger partial charge in [0.25, 0.3) is 0 Å². The van der Waals surface area contributed by atoms with Crippen molar-refractivity contribution in [3.05, 3.63) is 0 Å². The summed E-state index contributed by atoms with van der Waals surface area (Å²) in [6, 6.07) is 0. The molecule has 1 N–H and O–H groups in total. The molecule has 0 aliphatic carbocycles. The average Bonchev–Trinajstić information content (AvgIpc) is 2.07. The van der Waals surface area contributed by atoms with Crippen LogP contribution in [0.1, 0.15) is 13.3 Å². The van der Waals surface area contributed by atoms with Gasteiger partial charge in [-0.1, -0.05) is 6.92 Å². The van der Waals surface area contributed by atoms with Crippen molar-refractivity contribution < 1.29 is 23.1 Å². The molecule has 1 fully saturated rings. The molecular weight excluding hydrogens is 199 g/mol. The smallest absolute Gasteiger partial charge is 0.393 e. The number of carbonyl (C=O) groups excluding carboxylic acids is 1. The molecule has 0 radical (unpaired) electrons. The lowest BCUT2D eigenvalue weighted by Gasteiger charge is -2.34. The molecule has 1 amide bonds. The van der Waals surface area contributed by atoms with Crippen molar-refractivity contribution in [1.82, 2.24) is 4.90 Å². The number of piperidine rings is 1. The molecule has 1 heterocycles. The Morgan fingerprint density at radius 2 is 2.07 bits per heavy atom. The fraction of sp³-hybridized carbons (Fsp3) is 0.875. The van der Waals surface area contributed by atoms with Crippen molar-refractivity contribution in [2.45, 2.75) is 25.6 Å². The molecular formula is C8H12F3NO2. The molecule has 1 rings (SSSR count). The topological polar surface area (TPSA) is 40.5 Å². The first kappa shape index (κ1) is 11.3. The number of alkyl halides is 3. The van der Waals surface area contributed by atoms with Crippen LogP contribution in [0, 0.1) is 5.92 Å². The third kappa shape index (κ3) is 2.37. The fourth-order valence-electron chi connectivity index (χ4n) is 1.50. The van der Waals surface area contributed by atoms with Crippen LogP contribution in [-0.4, -0.2) is 41.3 Å². The number of aliphatic hydroxyl groups is 1. The molecule has 14 heavy (non-hydrogen) atoms. The second kappa shape index (κ2) is 3.76. The molecule has 6 heteroatoms. The Bertz CT molecular complexity index is 229. The van der Waals surface area contributed by atoms with Gasteiger partial charge in [-0.2, -0.15) is 13.2 Å². The molecule has 0 aromatic heterocycles. The summed E-state index contributed by atoms with van der Waals surface area (Å²) in [5.41, 5.74) is 0. The van der Waals surface area contributed by atoms with E-state index in [0.717, 1.165) is 4.90 Å². The summed E-state index contributed by atoms with van der Waals surface area (Å²) in [5.74, 6) is -2.11.